The SMILES string of the molecule is Cc1cc2nc(CCCO)n(Cc3ccccc3F)c2cc1C. The molecule has 1 aromatic heterocycles. The summed E-state index contributed by atoms with van der Waals surface area (Å²) in [5.74, 6) is 0.689. The first-order chi connectivity index (χ1) is 11.1. The highest BCUT2D eigenvalue weighted by molar-refractivity contribution is 5.78. The molecule has 3 rings (SSSR count). The maximum Gasteiger partial charge on any atom is 0.128 e. The van der Waals surface area contributed by atoms with Gasteiger partial charge in [0.1, 0.15) is 11.6 Å². The molecule has 0 aliphatic rings. The molecule has 3 nitrogen and oxygen atoms in total. The number of nitrogens with zero attached hydrogens (tertiary/aromatic N) is 2. The summed E-state index contributed by atoms with van der Waals surface area (Å²) < 4.78 is 16.1. The van der Waals surface area contributed by atoms with E-state index in [0.717, 1.165) is 16.9 Å². The maximum absolute atomic E-state index is 14.0. The zero-order chi connectivity index (χ0) is 16.4. The molecule has 0 spiro atoms. The van der Waals surface area contributed by atoms with Crippen molar-refractivity contribution in [3.8, 4) is 0 Å². The number of aliphatic hydroxyl groups excluding tert-OH is 1. The number of aliphatic hydroxyl groups is 1. The Morgan fingerprint density at radius 3 is 2.61 bits per heavy atom. The monoisotopic (exact) mass is 312 g/mol. The van der Waals surface area contributed by atoms with Crippen LogP contribution in [-0.2, 0) is 13.0 Å². The van der Waals surface area contributed by atoms with Crippen molar-refractivity contribution in [2.24, 2.45) is 0 Å². The van der Waals surface area contributed by atoms with Crippen molar-refractivity contribution >= 4 is 11.0 Å². The Kier molecular flexibility index (Phi) is 4.44. The third kappa shape index (κ3) is 3.13. The van der Waals surface area contributed by atoms with Crippen molar-refractivity contribution in [2.75, 3.05) is 6.61 Å². The lowest BCUT2D eigenvalue weighted by Gasteiger charge is -2.10. The minimum atomic E-state index is -0.203. The Balaban J connectivity index is 2.11. The topological polar surface area (TPSA) is 38.1 Å². The van der Waals surface area contributed by atoms with E-state index in [4.69, 9.17) is 10.1 Å². The summed E-state index contributed by atoms with van der Waals surface area (Å²) in [5, 5.41) is 9.12. The fraction of sp³-hybridized carbons (Fsp3) is 0.316. The first-order valence-electron chi connectivity index (χ1n) is 7.91. The molecular formula is C19H21FN2O. The lowest BCUT2D eigenvalue weighted by Crippen LogP contribution is -2.07. The third-order valence-electron chi connectivity index (χ3n) is 4.29. The van der Waals surface area contributed by atoms with E-state index in [1.807, 2.05) is 6.07 Å². The van der Waals surface area contributed by atoms with Gasteiger partial charge in [0.05, 0.1) is 17.6 Å². The van der Waals surface area contributed by atoms with Crippen LogP contribution in [0.3, 0.4) is 0 Å². The van der Waals surface area contributed by atoms with Gasteiger partial charge in [-0.15, -0.1) is 0 Å². The van der Waals surface area contributed by atoms with Gasteiger partial charge in [-0.1, -0.05) is 18.2 Å². The van der Waals surface area contributed by atoms with Gasteiger partial charge in [-0.25, -0.2) is 9.37 Å². The average Bonchev–Trinajstić information content (AvgIpc) is 2.85. The number of aromatic nitrogens is 2. The van der Waals surface area contributed by atoms with Crippen LogP contribution < -0.4 is 0 Å². The van der Waals surface area contributed by atoms with Crippen molar-refractivity contribution < 1.29 is 9.50 Å². The number of fused-ring (bicyclic) bond motifs is 1. The van der Waals surface area contributed by atoms with E-state index < -0.39 is 0 Å². The minimum absolute atomic E-state index is 0.126. The molecule has 120 valence electrons. The summed E-state index contributed by atoms with van der Waals surface area (Å²) in [4.78, 5) is 4.71. The predicted octanol–water partition coefficient (Wildman–Crippen LogP) is 3.77. The van der Waals surface area contributed by atoms with E-state index in [1.54, 1.807) is 12.1 Å². The van der Waals surface area contributed by atoms with Crippen LogP contribution in [0.5, 0.6) is 0 Å². The van der Waals surface area contributed by atoms with Crippen LogP contribution >= 0.6 is 0 Å². The third-order valence-corrected chi connectivity index (χ3v) is 4.29. The van der Waals surface area contributed by atoms with E-state index in [0.29, 0.717) is 24.9 Å². The van der Waals surface area contributed by atoms with Gasteiger partial charge in [0, 0.05) is 18.6 Å². The second-order valence-electron chi connectivity index (χ2n) is 5.96. The van der Waals surface area contributed by atoms with Crippen LogP contribution in [0.15, 0.2) is 36.4 Å². The molecule has 0 saturated heterocycles. The van der Waals surface area contributed by atoms with Gasteiger partial charge >= 0.3 is 0 Å². The Hall–Kier alpha value is -2.20. The average molecular weight is 312 g/mol. The molecule has 0 amide bonds. The van der Waals surface area contributed by atoms with Crippen LogP contribution in [0.1, 0.15) is 28.9 Å². The molecule has 0 fully saturated rings. The van der Waals surface area contributed by atoms with Crippen LogP contribution in [0.25, 0.3) is 11.0 Å². The van der Waals surface area contributed by atoms with Crippen LogP contribution in [0, 0.1) is 19.7 Å². The molecule has 0 atom stereocenters. The molecular weight excluding hydrogens is 291 g/mol. The van der Waals surface area contributed by atoms with Gasteiger partial charge < -0.3 is 9.67 Å². The summed E-state index contributed by atoms with van der Waals surface area (Å²) in [6.07, 6.45) is 1.33. The number of aryl methyl sites for hydroxylation is 3. The standard InChI is InChI=1S/C19H21FN2O/c1-13-10-17-18(11-14(13)2)22(19(21-17)8-5-9-23)12-15-6-3-4-7-16(15)20/h3-4,6-7,10-11,23H,5,8-9,12H2,1-2H3. The van der Waals surface area contributed by atoms with Crippen LogP contribution in [0.2, 0.25) is 0 Å². The fourth-order valence-corrected chi connectivity index (χ4v) is 2.83. The fourth-order valence-electron chi connectivity index (χ4n) is 2.83. The molecule has 1 N–H and O–H groups in total. The van der Waals surface area contributed by atoms with Crippen molar-refractivity contribution in [3.05, 3.63) is 64.7 Å². The minimum Gasteiger partial charge on any atom is -0.396 e. The number of hydrogen-bond acceptors (Lipinski definition) is 2. The van der Waals surface area contributed by atoms with Crippen LogP contribution in [-0.4, -0.2) is 21.3 Å². The Morgan fingerprint density at radius 2 is 1.87 bits per heavy atom. The molecule has 1 heterocycles. The lowest BCUT2D eigenvalue weighted by molar-refractivity contribution is 0.287. The van der Waals surface area contributed by atoms with E-state index >= 15 is 0 Å². The molecule has 0 unspecified atom stereocenters. The van der Waals surface area contributed by atoms with E-state index in [9.17, 15) is 4.39 Å². The van der Waals surface area contributed by atoms with Crippen LogP contribution in [0.4, 0.5) is 4.39 Å². The molecule has 0 bridgehead atoms. The lowest BCUT2D eigenvalue weighted by atomic mass is 10.1. The highest BCUT2D eigenvalue weighted by Gasteiger charge is 2.13. The Morgan fingerprint density at radius 1 is 1.13 bits per heavy atom. The number of hydrogen-bond donors (Lipinski definition) is 1. The van der Waals surface area contributed by atoms with Gasteiger partial charge in [0.2, 0.25) is 0 Å². The summed E-state index contributed by atoms with van der Waals surface area (Å²) >= 11 is 0. The molecule has 0 saturated carbocycles. The molecule has 2 aromatic carbocycles. The number of halogens is 1. The maximum atomic E-state index is 14.0. The largest absolute Gasteiger partial charge is 0.396 e. The Bertz CT molecular complexity index is 839. The second kappa shape index (κ2) is 6.50. The van der Waals surface area contributed by atoms with Gasteiger partial charge in [-0.3, -0.25) is 0 Å². The van der Waals surface area contributed by atoms with Crippen molar-refractivity contribution in [2.45, 2.75) is 33.2 Å². The van der Waals surface area contributed by atoms with Gasteiger partial charge in [-0.05, 0) is 49.6 Å². The van der Waals surface area contributed by atoms with Gasteiger partial charge in [0.25, 0.3) is 0 Å². The van der Waals surface area contributed by atoms with E-state index in [-0.39, 0.29) is 12.4 Å². The highest BCUT2D eigenvalue weighted by Crippen LogP contribution is 2.23. The van der Waals surface area contributed by atoms with E-state index in [1.165, 1.54) is 17.2 Å². The smallest absolute Gasteiger partial charge is 0.128 e. The normalized spacial score (nSPS) is 11.3. The second-order valence-corrected chi connectivity index (χ2v) is 5.96. The number of imidazole rings is 1. The molecule has 0 aliphatic carbocycles. The van der Waals surface area contributed by atoms with Gasteiger partial charge in [-0.2, -0.15) is 0 Å². The molecule has 0 aliphatic heterocycles. The van der Waals surface area contributed by atoms with Crippen molar-refractivity contribution in [1.82, 2.24) is 9.55 Å². The van der Waals surface area contributed by atoms with Crippen molar-refractivity contribution in [3.63, 3.8) is 0 Å². The highest BCUT2D eigenvalue weighted by atomic mass is 19.1. The zero-order valence-corrected chi connectivity index (χ0v) is 13.5. The van der Waals surface area contributed by atoms with E-state index in [2.05, 4.69) is 30.5 Å². The summed E-state index contributed by atoms with van der Waals surface area (Å²) in [5.41, 5.74) is 4.99. The zero-order valence-electron chi connectivity index (χ0n) is 13.5. The van der Waals surface area contributed by atoms with Crippen molar-refractivity contribution in [1.29, 1.82) is 0 Å². The summed E-state index contributed by atoms with van der Waals surface area (Å²) in [6, 6.07) is 11.0. The summed E-state index contributed by atoms with van der Waals surface area (Å²) in [6.45, 7) is 4.72. The first kappa shape index (κ1) is 15.7. The molecule has 23 heavy (non-hydrogen) atoms. The molecule has 4 heteroatoms. The quantitative estimate of drug-likeness (QED) is 0.779. The van der Waals surface area contributed by atoms with Gasteiger partial charge in [0.15, 0.2) is 0 Å². The number of rotatable bonds is 5. The predicted molar refractivity (Wildman–Crippen MR) is 90.1 cm³/mol. The molecule has 3 aromatic rings. The Labute approximate surface area is 135 Å². The molecule has 0 radical (unpaired) electrons. The number of benzene rings is 2. The first-order valence-corrected chi connectivity index (χ1v) is 7.91. The summed E-state index contributed by atoms with van der Waals surface area (Å²) in [7, 11) is 0.